The molecular weight excluding hydrogens is 208 g/mol. The van der Waals surface area contributed by atoms with E-state index in [0.717, 1.165) is 6.54 Å². The summed E-state index contributed by atoms with van der Waals surface area (Å²) in [6, 6.07) is 8.60. The molecule has 2 aromatic rings. The molecule has 1 fully saturated rings. The van der Waals surface area contributed by atoms with E-state index in [9.17, 15) is 0 Å². The van der Waals surface area contributed by atoms with Crippen LogP contribution in [0.25, 0.3) is 10.9 Å². The van der Waals surface area contributed by atoms with Gasteiger partial charge in [0, 0.05) is 28.6 Å². The van der Waals surface area contributed by atoms with E-state index in [-0.39, 0.29) is 5.41 Å². The highest BCUT2D eigenvalue weighted by Gasteiger charge is 2.37. The van der Waals surface area contributed by atoms with Crippen LogP contribution in [0.5, 0.6) is 0 Å². The Kier molecular flexibility index (Phi) is 2.48. The fourth-order valence-corrected chi connectivity index (χ4v) is 3.57. The lowest BCUT2D eigenvalue weighted by molar-refractivity contribution is 0.454. The van der Waals surface area contributed by atoms with Crippen LogP contribution in [0.2, 0.25) is 0 Å². The second-order valence-electron chi connectivity index (χ2n) is 5.36. The Bertz CT molecular complexity index is 533. The number of rotatable bonds is 2. The van der Waals surface area contributed by atoms with Crippen LogP contribution >= 0.6 is 0 Å². The minimum absolute atomic E-state index is 0.226. The number of aryl methyl sites for hydroxylation is 1. The molecule has 0 atom stereocenters. The number of hydrogen-bond acceptors (Lipinski definition) is 1. The first-order valence-corrected chi connectivity index (χ1v) is 6.55. The van der Waals surface area contributed by atoms with Crippen molar-refractivity contribution in [1.82, 2.24) is 4.98 Å². The first kappa shape index (κ1) is 10.8. The zero-order valence-electron chi connectivity index (χ0n) is 10.4. The predicted molar refractivity (Wildman–Crippen MR) is 72.2 cm³/mol. The molecule has 3 rings (SSSR count). The van der Waals surface area contributed by atoms with Gasteiger partial charge in [0.25, 0.3) is 0 Å². The Labute approximate surface area is 102 Å². The van der Waals surface area contributed by atoms with Gasteiger partial charge in [-0.15, -0.1) is 0 Å². The first-order chi connectivity index (χ1) is 8.27. The number of benzene rings is 1. The molecule has 0 aliphatic heterocycles. The molecule has 2 heteroatoms. The SMILES string of the molecule is Cc1[nH]c2ccccc2c1C1(CN)CCCC1. The molecular formula is C15H20N2. The van der Waals surface area contributed by atoms with E-state index in [0.29, 0.717) is 0 Å². The summed E-state index contributed by atoms with van der Waals surface area (Å²) in [6.07, 6.45) is 5.12. The summed E-state index contributed by atoms with van der Waals surface area (Å²) in [4.78, 5) is 3.51. The molecule has 0 saturated heterocycles. The summed E-state index contributed by atoms with van der Waals surface area (Å²) >= 11 is 0. The van der Waals surface area contributed by atoms with Gasteiger partial charge in [0.15, 0.2) is 0 Å². The lowest BCUT2D eigenvalue weighted by atomic mass is 9.77. The van der Waals surface area contributed by atoms with Crippen LogP contribution in [0.4, 0.5) is 0 Å². The molecule has 1 aliphatic carbocycles. The van der Waals surface area contributed by atoms with Gasteiger partial charge in [-0.05, 0) is 31.4 Å². The third kappa shape index (κ3) is 1.51. The van der Waals surface area contributed by atoms with E-state index in [4.69, 9.17) is 5.73 Å². The second-order valence-corrected chi connectivity index (χ2v) is 5.36. The van der Waals surface area contributed by atoms with Gasteiger partial charge in [0.2, 0.25) is 0 Å². The average Bonchev–Trinajstić information content (AvgIpc) is 2.92. The number of nitrogens with one attached hydrogen (secondary N) is 1. The van der Waals surface area contributed by atoms with E-state index in [1.54, 1.807) is 0 Å². The van der Waals surface area contributed by atoms with Crippen molar-refractivity contribution in [2.75, 3.05) is 6.54 Å². The zero-order valence-corrected chi connectivity index (χ0v) is 10.4. The number of H-pyrrole nitrogens is 1. The third-order valence-corrected chi connectivity index (χ3v) is 4.38. The lowest BCUT2D eigenvalue weighted by Crippen LogP contribution is -2.32. The standard InChI is InChI=1S/C15H20N2/c1-11-14(15(10-16)8-4-5-9-15)12-6-2-3-7-13(12)17-11/h2-3,6-7,17H,4-5,8-10,16H2,1H3. The molecule has 0 spiro atoms. The van der Waals surface area contributed by atoms with Crippen LogP contribution in [0.3, 0.4) is 0 Å². The van der Waals surface area contributed by atoms with E-state index in [1.165, 1.54) is 47.8 Å². The fraction of sp³-hybridized carbons (Fsp3) is 0.467. The number of fused-ring (bicyclic) bond motifs is 1. The van der Waals surface area contributed by atoms with E-state index in [2.05, 4.69) is 36.2 Å². The fourth-order valence-electron chi connectivity index (χ4n) is 3.57. The van der Waals surface area contributed by atoms with Crippen molar-refractivity contribution in [2.24, 2.45) is 5.73 Å². The highest BCUT2D eigenvalue weighted by Crippen LogP contribution is 2.44. The lowest BCUT2D eigenvalue weighted by Gasteiger charge is -2.28. The molecule has 1 aromatic heterocycles. The van der Waals surface area contributed by atoms with Crippen LogP contribution < -0.4 is 5.73 Å². The molecule has 17 heavy (non-hydrogen) atoms. The van der Waals surface area contributed by atoms with Gasteiger partial charge in [-0.2, -0.15) is 0 Å². The molecule has 0 amide bonds. The molecule has 1 aliphatic rings. The third-order valence-electron chi connectivity index (χ3n) is 4.38. The van der Waals surface area contributed by atoms with Gasteiger partial charge in [-0.1, -0.05) is 31.0 Å². The van der Waals surface area contributed by atoms with Crippen LogP contribution in [0.1, 0.15) is 36.9 Å². The Morgan fingerprint density at radius 3 is 2.65 bits per heavy atom. The molecule has 0 unspecified atom stereocenters. The summed E-state index contributed by atoms with van der Waals surface area (Å²) in [6.45, 7) is 2.96. The van der Waals surface area contributed by atoms with E-state index >= 15 is 0 Å². The van der Waals surface area contributed by atoms with Crippen molar-refractivity contribution in [3.8, 4) is 0 Å². The number of hydrogen-bond donors (Lipinski definition) is 2. The molecule has 0 radical (unpaired) electrons. The monoisotopic (exact) mass is 228 g/mol. The van der Waals surface area contributed by atoms with Gasteiger partial charge in [0.05, 0.1) is 0 Å². The largest absolute Gasteiger partial charge is 0.358 e. The summed E-state index contributed by atoms with van der Waals surface area (Å²) in [5.74, 6) is 0. The molecule has 90 valence electrons. The highest BCUT2D eigenvalue weighted by atomic mass is 14.7. The summed E-state index contributed by atoms with van der Waals surface area (Å²) in [7, 11) is 0. The number of para-hydroxylation sites is 1. The van der Waals surface area contributed by atoms with Gasteiger partial charge in [-0.3, -0.25) is 0 Å². The quantitative estimate of drug-likeness (QED) is 0.814. The summed E-state index contributed by atoms with van der Waals surface area (Å²) < 4.78 is 0. The molecule has 1 saturated carbocycles. The van der Waals surface area contributed by atoms with E-state index < -0.39 is 0 Å². The van der Waals surface area contributed by atoms with Crippen LogP contribution in [0, 0.1) is 6.92 Å². The van der Waals surface area contributed by atoms with Gasteiger partial charge in [-0.25, -0.2) is 0 Å². The minimum Gasteiger partial charge on any atom is -0.358 e. The van der Waals surface area contributed by atoms with Crippen molar-refractivity contribution >= 4 is 10.9 Å². The Balaban J connectivity index is 2.25. The van der Waals surface area contributed by atoms with Crippen molar-refractivity contribution in [2.45, 2.75) is 38.0 Å². The molecule has 2 nitrogen and oxygen atoms in total. The zero-order chi connectivity index (χ0) is 11.9. The van der Waals surface area contributed by atoms with Crippen LogP contribution in [-0.4, -0.2) is 11.5 Å². The van der Waals surface area contributed by atoms with Gasteiger partial charge < -0.3 is 10.7 Å². The molecule has 1 aromatic carbocycles. The minimum atomic E-state index is 0.226. The van der Waals surface area contributed by atoms with E-state index in [1.807, 2.05) is 0 Å². The maximum Gasteiger partial charge on any atom is 0.0459 e. The van der Waals surface area contributed by atoms with Crippen LogP contribution in [0.15, 0.2) is 24.3 Å². The number of aromatic nitrogens is 1. The summed E-state index contributed by atoms with van der Waals surface area (Å²) in [5, 5.41) is 1.37. The second kappa shape index (κ2) is 3.88. The van der Waals surface area contributed by atoms with Crippen molar-refractivity contribution < 1.29 is 0 Å². The predicted octanol–water partition coefficient (Wildman–Crippen LogP) is 3.25. The molecule has 1 heterocycles. The van der Waals surface area contributed by atoms with Crippen molar-refractivity contribution in [1.29, 1.82) is 0 Å². The van der Waals surface area contributed by atoms with Crippen LogP contribution in [-0.2, 0) is 5.41 Å². The smallest absolute Gasteiger partial charge is 0.0459 e. The maximum atomic E-state index is 6.11. The number of aromatic amines is 1. The number of nitrogens with two attached hydrogens (primary N) is 1. The highest BCUT2D eigenvalue weighted by molar-refractivity contribution is 5.85. The summed E-state index contributed by atoms with van der Waals surface area (Å²) in [5.41, 5.74) is 10.4. The average molecular weight is 228 g/mol. The topological polar surface area (TPSA) is 41.8 Å². The maximum absolute atomic E-state index is 6.11. The Morgan fingerprint density at radius 1 is 1.24 bits per heavy atom. The Hall–Kier alpha value is -1.28. The van der Waals surface area contributed by atoms with Crippen molar-refractivity contribution in [3.05, 3.63) is 35.5 Å². The van der Waals surface area contributed by atoms with Crippen molar-refractivity contribution in [3.63, 3.8) is 0 Å². The van der Waals surface area contributed by atoms with Gasteiger partial charge >= 0.3 is 0 Å². The molecule has 3 N–H and O–H groups in total. The Morgan fingerprint density at radius 2 is 1.94 bits per heavy atom. The van der Waals surface area contributed by atoms with Gasteiger partial charge in [0.1, 0.15) is 0 Å². The molecule has 0 bridgehead atoms. The normalized spacial score (nSPS) is 18.9. The first-order valence-electron chi connectivity index (χ1n) is 6.55.